The summed E-state index contributed by atoms with van der Waals surface area (Å²) in [5.41, 5.74) is 3.38. The number of carbonyl (C=O) groups is 1. The number of hydrogen-bond acceptors (Lipinski definition) is 5. The fourth-order valence-electron chi connectivity index (χ4n) is 3.61. The van der Waals surface area contributed by atoms with E-state index in [1.165, 1.54) is 29.5 Å². The van der Waals surface area contributed by atoms with Gasteiger partial charge in [0.1, 0.15) is 11.5 Å². The predicted octanol–water partition coefficient (Wildman–Crippen LogP) is 3.21. The number of amidine groups is 1. The lowest BCUT2D eigenvalue weighted by Gasteiger charge is -2.34. The van der Waals surface area contributed by atoms with E-state index in [0.29, 0.717) is 32.8 Å². The Morgan fingerprint density at radius 3 is 2.68 bits per heavy atom. The van der Waals surface area contributed by atoms with Crippen LogP contribution in [0.3, 0.4) is 0 Å². The number of halogens is 1. The van der Waals surface area contributed by atoms with E-state index >= 15 is 0 Å². The summed E-state index contributed by atoms with van der Waals surface area (Å²) in [6.45, 7) is 2.05. The summed E-state index contributed by atoms with van der Waals surface area (Å²) in [5, 5.41) is 11.1. The topological polar surface area (TPSA) is 57.1 Å². The van der Waals surface area contributed by atoms with Gasteiger partial charge in [0.15, 0.2) is 11.3 Å². The van der Waals surface area contributed by atoms with Crippen LogP contribution in [0, 0.1) is 12.7 Å². The average molecular weight is 431 g/mol. The standard InChI is InChI=1S/C24H19FN4OS/c1-15-9-11-16(12-10-15)14-31-24-27-23(30)21-19-7-2-3-8-20(19)26-22(29(21)28-24)17-5-4-6-18(25)13-17/h2-13,22H,14H2,1H3,(H,27,28,30)/t22-/m0/s1. The number of fused-ring (bicyclic) bond motifs is 2. The third-order valence-electron chi connectivity index (χ3n) is 5.16. The third kappa shape index (κ3) is 3.84. The van der Waals surface area contributed by atoms with E-state index in [0.717, 1.165) is 5.56 Å². The highest BCUT2D eigenvalue weighted by atomic mass is 32.2. The summed E-state index contributed by atoms with van der Waals surface area (Å²) >= 11 is 1.44. The molecule has 1 atom stereocenters. The van der Waals surface area contributed by atoms with Crippen LogP contribution in [0.5, 0.6) is 0 Å². The Labute approximate surface area is 183 Å². The van der Waals surface area contributed by atoms with E-state index in [-0.39, 0.29) is 11.7 Å². The van der Waals surface area contributed by atoms with Crippen molar-refractivity contribution in [3.8, 4) is 0 Å². The molecule has 3 aromatic rings. The highest BCUT2D eigenvalue weighted by molar-refractivity contribution is 8.13. The maximum absolute atomic E-state index is 13.9. The molecule has 0 radical (unpaired) electrons. The predicted molar refractivity (Wildman–Crippen MR) is 120 cm³/mol. The van der Waals surface area contributed by atoms with E-state index in [1.807, 2.05) is 31.2 Å². The molecule has 31 heavy (non-hydrogen) atoms. The number of thioether (sulfide) groups is 1. The Hall–Kier alpha value is -3.45. The summed E-state index contributed by atoms with van der Waals surface area (Å²) in [6.07, 6.45) is -0.623. The number of nitrogens with one attached hydrogen (secondary N) is 1. The van der Waals surface area contributed by atoms with Gasteiger partial charge in [-0.1, -0.05) is 71.9 Å². The number of benzene rings is 3. The van der Waals surface area contributed by atoms with Crippen LogP contribution in [-0.4, -0.2) is 16.1 Å². The lowest BCUT2D eigenvalue weighted by molar-refractivity contribution is -0.116. The summed E-state index contributed by atoms with van der Waals surface area (Å²) in [5.74, 6) is 0.0682. The van der Waals surface area contributed by atoms with Crippen molar-refractivity contribution in [2.75, 3.05) is 0 Å². The van der Waals surface area contributed by atoms with Crippen LogP contribution >= 0.6 is 11.8 Å². The molecule has 1 N–H and O–H groups in total. The van der Waals surface area contributed by atoms with Crippen LogP contribution in [0.1, 0.15) is 22.9 Å². The Morgan fingerprint density at radius 2 is 1.87 bits per heavy atom. The number of nitrogens with zero attached hydrogens (tertiary/aromatic N) is 3. The van der Waals surface area contributed by atoms with Gasteiger partial charge in [-0.25, -0.2) is 9.40 Å². The van der Waals surface area contributed by atoms with E-state index in [2.05, 4.69) is 29.6 Å². The molecule has 0 bridgehead atoms. The van der Waals surface area contributed by atoms with Crippen molar-refractivity contribution in [2.45, 2.75) is 18.8 Å². The van der Waals surface area contributed by atoms with Gasteiger partial charge in [-0.05, 0) is 30.7 Å². The molecule has 3 aromatic carbocycles. The largest absolute Gasteiger partial charge is 0.298 e. The molecule has 5 nitrogen and oxygen atoms in total. The highest BCUT2D eigenvalue weighted by Crippen LogP contribution is 2.31. The number of amides is 1. The summed E-state index contributed by atoms with van der Waals surface area (Å²) in [7, 11) is 0. The molecule has 2 aliphatic rings. The smallest absolute Gasteiger partial charge is 0.276 e. The molecule has 7 heteroatoms. The Kier molecular flexibility index (Phi) is 5.03. The van der Waals surface area contributed by atoms with E-state index < -0.39 is 6.17 Å². The van der Waals surface area contributed by atoms with Crippen molar-refractivity contribution in [3.63, 3.8) is 0 Å². The lowest BCUT2D eigenvalue weighted by Crippen LogP contribution is -2.50. The first-order valence-electron chi connectivity index (χ1n) is 9.89. The first-order chi connectivity index (χ1) is 15.1. The normalized spacial score (nSPS) is 17.3. The van der Waals surface area contributed by atoms with Gasteiger partial charge in [0.2, 0.25) is 0 Å². The number of rotatable bonds is 3. The van der Waals surface area contributed by atoms with Gasteiger partial charge >= 0.3 is 0 Å². The number of aryl methyl sites for hydroxylation is 1. The molecule has 0 aromatic heterocycles. The molecule has 0 unspecified atom stereocenters. The minimum absolute atomic E-state index is 0.245. The number of hydrazone groups is 1. The molecule has 2 aliphatic heterocycles. The van der Waals surface area contributed by atoms with Gasteiger partial charge in [0, 0.05) is 16.5 Å². The Morgan fingerprint density at radius 1 is 1.06 bits per heavy atom. The van der Waals surface area contributed by atoms with Crippen LogP contribution in [0.2, 0.25) is 0 Å². The maximum Gasteiger partial charge on any atom is 0.276 e. The molecular formula is C24H19FN4OS. The van der Waals surface area contributed by atoms with Crippen LogP contribution in [0.25, 0.3) is 5.70 Å². The van der Waals surface area contributed by atoms with E-state index in [1.54, 1.807) is 17.1 Å². The van der Waals surface area contributed by atoms with Gasteiger partial charge < -0.3 is 0 Å². The van der Waals surface area contributed by atoms with Crippen LogP contribution < -0.4 is 15.9 Å². The van der Waals surface area contributed by atoms with Crippen LogP contribution in [-0.2, 0) is 10.5 Å². The van der Waals surface area contributed by atoms with Crippen molar-refractivity contribution in [1.29, 1.82) is 0 Å². The fourth-order valence-corrected chi connectivity index (χ4v) is 4.42. The number of carbonyl (C=O) groups excluding carboxylic acids is 1. The Bertz CT molecular complexity index is 1320. The second-order valence-electron chi connectivity index (χ2n) is 7.40. The van der Waals surface area contributed by atoms with Crippen molar-refractivity contribution in [2.24, 2.45) is 10.1 Å². The molecule has 1 amide bonds. The lowest BCUT2D eigenvalue weighted by atomic mass is 10.1. The van der Waals surface area contributed by atoms with Crippen molar-refractivity contribution in [1.82, 2.24) is 10.3 Å². The zero-order valence-electron chi connectivity index (χ0n) is 16.7. The first-order valence-corrected chi connectivity index (χ1v) is 10.9. The zero-order valence-corrected chi connectivity index (χ0v) is 17.6. The number of hydrogen-bond donors (Lipinski definition) is 1. The van der Waals surface area contributed by atoms with E-state index in [4.69, 9.17) is 10.1 Å². The van der Waals surface area contributed by atoms with Crippen molar-refractivity contribution < 1.29 is 9.18 Å². The maximum atomic E-state index is 13.9. The van der Waals surface area contributed by atoms with Gasteiger partial charge in [0.05, 0.1) is 5.36 Å². The molecule has 0 spiro atoms. The van der Waals surface area contributed by atoms with Gasteiger partial charge in [-0.15, -0.1) is 5.10 Å². The molecule has 0 saturated carbocycles. The molecule has 154 valence electrons. The van der Waals surface area contributed by atoms with Crippen LogP contribution in [0.15, 0.2) is 82.9 Å². The molecular weight excluding hydrogens is 411 g/mol. The molecule has 2 heterocycles. The highest BCUT2D eigenvalue weighted by Gasteiger charge is 2.34. The third-order valence-corrected chi connectivity index (χ3v) is 6.09. The van der Waals surface area contributed by atoms with Crippen molar-refractivity contribution >= 4 is 28.5 Å². The zero-order chi connectivity index (χ0) is 21.4. The van der Waals surface area contributed by atoms with Crippen LogP contribution in [0.4, 0.5) is 4.39 Å². The first kappa shape index (κ1) is 19.5. The van der Waals surface area contributed by atoms with Gasteiger partial charge in [-0.3, -0.25) is 15.1 Å². The second kappa shape index (κ2) is 8.00. The quantitative estimate of drug-likeness (QED) is 0.694. The second-order valence-corrected chi connectivity index (χ2v) is 8.37. The van der Waals surface area contributed by atoms with Gasteiger partial charge in [0.25, 0.3) is 5.91 Å². The summed E-state index contributed by atoms with van der Waals surface area (Å²) < 4.78 is 13.9. The van der Waals surface area contributed by atoms with E-state index in [9.17, 15) is 9.18 Å². The summed E-state index contributed by atoms with van der Waals surface area (Å²) in [4.78, 5) is 17.9. The average Bonchev–Trinajstić information content (AvgIpc) is 2.78. The summed E-state index contributed by atoms with van der Waals surface area (Å²) in [6, 6.07) is 21.9. The van der Waals surface area contributed by atoms with Crippen molar-refractivity contribution in [3.05, 3.63) is 106 Å². The molecule has 0 aliphatic carbocycles. The van der Waals surface area contributed by atoms with Gasteiger partial charge in [-0.2, -0.15) is 0 Å². The minimum atomic E-state index is -0.623. The molecule has 5 rings (SSSR count). The monoisotopic (exact) mass is 430 g/mol. The molecule has 0 saturated heterocycles. The molecule has 0 fully saturated rings. The number of para-hydroxylation sites is 1. The minimum Gasteiger partial charge on any atom is -0.298 e. The SMILES string of the molecule is Cc1ccc(CSC2=NN3C(=c4ccccc4=N[C@@H]3c3cccc(F)c3)C(=O)N2)cc1. The fraction of sp³-hybridized carbons (Fsp3) is 0.125. The Balaban J connectivity index is 1.55.